The third-order valence-corrected chi connectivity index (χ3v) is 4.57. The van der Waals surface area contributed by atoms with Crippen molar-refractivity contribution in [3.8, 4) is 5.88 Å². The molecule has 0 radical (unpaired) electrons. The Morgan fingerprint density at radius 1 is 1.25 bits per heavy atom. The van der Waals surface area contributed by atoms with E-state index in [9.17, 15) is 0 Å². The van der Waals surface area contributed by atoms with Gasteiger partial charge in [0, 0.05) is 22.5 Å². The third-order valence-electron chi connectivity index (χ3n) is 3.10. The van der Waals surface area contributed by atoms with Crippen molar-refractivity contribution in [3.63, 3.8) is 0 Å². The van der Waals surface area contributed by atoms with Gasteiger partial charge in [-0.25, -0.2) is 4.98 Å². The second-order valence-electron chi connectivity index (χ2n) is 4.46. The van der Waals surface area contributed by atoms with Crippen LogP contribution in [0.5, 0.6) is 5.88 Å². The fourth-order valence-electron chi connectivity index (χ4n) is 2.08. The molecule has 0 fully saturated rings. The van der Waals surface area contributed by atoms with Crippen molar-refractivity contribution in [1.29, 1.82) is 0 Å². The number of aryl methyl sites for hydroxylation is 1. The van der Waals surface area contributed by atoms with Crippen molar-refractivity contribution in [2.45, 2.75) is 18.9 Å². The van der Waals surface area contributed by atoms with E-state index in [2.05, 4.69) is 25.3 Å². The summed E-state index contributed by atoms with van der Waals surface area (Å²) < 4.78 is 11.3. The van der Waals surface area contributed by atoms with Gasteiger partial charge in [0.05, 0.1) is 10.4 Å². The number of hydrogen-bond acceptors (Lipinski definition) is 4. The molecule has 0 amide bonds. The van der Waals surface area contributed by atoms with Gasteiger partial charge in [0.25, 0.3) is 0 Å². The first-order valence-electron chi connectivity index (χ1n) is 6.26. The number of halogens is 1. The smallest absolute Gasteiger partial charge is 0.218 e. The molecule has 3 rings (SSSR count). The van der Waals surface area contributed by atoms with Crippen molar-refractivity contribution >= 4 is 37.5 Å². The highest BCUT2D eigenvalue weighted by atomic mass is 79.9. The second kappa shape index (κ2) is 5.89. The number of fused-ring (bicyclic) bond motifs is 1. The summed E-state index contributed by atoms with van der Waals surface area (Å²) in [5.74, 6) is 0.691. The molecule has 2 aromatic heterocycles. The summed E-state index contributed by atoms with van der Waals surface area (Å²) in [6.07, 6.45) is 1.89. The molecule has 3 nitrogen and oxygen atoms in total. The van der Waals surface area contributed by atoms with Crippen molar-refractivity contribution in [2.24, 2.45) is 0 Å². The van der Waals surface area contributed by atoms with Crippen LogP contribution in [0.15, 0.2) is 36.5 Å². The number of aromatic nitrogens is 2. The topological polar surface area (TPSA) is 35.0 Å². The standard InChI is InChI=1S/C15H13BrN2OS/c1-10-14-13(8-17-20-14)12(7-16)15(18-10)19-9-11-5-3-2-4-6-11/h2-6,8H,7,9H2,1H3. The van der Waals surface area contributed by atoms with E-state index in [1.54, 1.807) is 0 Å². The van der Waals surface area contributed by atoms with Crippen LogP contribution < -0.4 is 4.74 Å². The van der Waals surface area contributed by atoms with E-state index in [1.807, 2.05) is 43.5 Å². The van der Waals surface area contributed by atoms with Crippen molar-refractivity contribution in [1.82, 2.24) is 9.36 Å². The quantitative estimate of drug-likeness (QED) is 0.652. The van der Waals surface area contributed by atoms with Gasteiger partial charge in [0.15, 0.2) is 0 Å². The molecule has 0 unspecified atom stereocenters. The zero-order valence-corrected chi connectivity index (χ0v) is 13.4. The molecule has 0 bridgehead atoms. The van der Waals surface area contributed by atoms with Crippen LogP contribution in [0, 0.1) is 6.92 Å². The molecule has 0 atom stereocenters. The number of rotatable bonds is 4. The van der Waals surface area contributed by atoms with Gasteiger partial charge in [-0.1, -0.05) is 46.3 Å². The normalized spacial score (nSPS) is 10.9. The monoisotopic (exact) mass is 348 g/mol. The van der Waals surface area contributed by atoms with Gasteiger partial charge >= 0.3 is 0 Å². The van der Waals surface area contributed by atoms with Gasteiger partial charge < -0.3 is 4.74 Å². The zero-order chi connectivity index (χ0) is 13.9. The summed E-state index contributed by atoms with van der Waals surface area (Å²) >= 11 is 5.00. The van der Waals surface area contributed by atoms with Gasteiger partial charge in [-0.05, 0) is 24.0 Å². The Labute approximate surface area is 129 Å². The van der Waals surface area contributed by atoms with Crippen LogP contribution in [0.2, 0.25) is 0 Å². The zero-order valence-electron chi connectivity index (χ0n) is 11.0. The maximum absolute atomic E-state index is 5.91. The molecule has 5 heteroatoms. The molecule has 2 heterocycles. The maximum Gasteiger partial charge on any atom is 0.218 e. The molecule has 0 aliphatic carbocycles. The van der Waals surface area contributed by atoms with Crippen LogP contribution in [-0.4, -0.2) is 9.36 Å². The largest absolute Gasteiger partial charge is 0.473 e. The minimum Gasteiger partial charge on any atom is -0.473 e. The predicted octanol–water partition coefficient (Wildman–Crippen LogP) is 4.47. The molecule has 20 heavy (non-hydrogen) atoms. The van der Waals surface area contributed by atoms with Crippen molar-refractivity contribution in [3.05, 3.63) is 53.3 Å². The molecule has 0 spiro atoms. The van der Waals surface area contributed by atoms with Gasteiger partial charge in [0.1, 0.15) is 6.61 Å². The van der Waals surface area contributed by atoms with E-state index >= 15 is 0 Å². The van der Waals surface area contributed by atoms with Gasteiger partial charge in [-0.2, -0.15) is 4.37 Å². The molecule has 0 saturated heterocycles. The summed E-state index contributed by atoms with van der Waals surface area (Å²) in [6, 6.07) is 10.1. The predicted molar refractivity (Wildman–Crippen MR) is 85.6 cm³/mol. The van der Waals surface area contributed by atoms with E-state index in [0.29, 0.717) is 17.8 Å². The van der Waals surface area contributed by atoms with Crippen molar-refractivity contribution in [2.75, 3.05) is 0 Å². The lowest BCUT2D eigenvalue weighted by molar-refractivity contribution is 0.291. The highest BCUT2D eigenvalue weighted by molar-refractivity contribution is 9.08. The Balaban J connectivity index is 1.94. The SMILES string of the molecule is Cc1nc(OCc2ccccc2)c(CBr)c2cnsc12. The summed E-state index contributed by atoms with van der Waals surface area (Å²) in [6.45, 7) is 2.52. The summed E-state index contributed by atoms with van der Waals surface area (Å²) in [4.78, 5) is 4.58. The molecule has 102 valence electrons. The van der Waals surface area contributed by atoms with E-state index in [0.717, 1.165) is 26.9 Å². The van der Waals surface area contributed by atoms with E-state index in [4.69, 9.17) is 4.74 Å². The van der Waals surface area contributed by atoms with E-state index < -0.39 is 0 Å². The lowest BCUT2D eigenvalue weighted by Crippen LogP contribution is -2.01. The number of pyridine rings is 1. The lowest BCUT2D eigenvalue weighted by Gasteiger charge is -2.11. The number of hydrogen-bond donors (Lipinski definition) is 0. The summed E-state index contributed by atoms with van der Waals surface area (Å²) in [5.41, 5.74) is 3.17. The van der Waals surface area contributed by atoms with Gasteiger partial charge in [0.2, 0.25) is 5.88 Å². The number of nitrogens with zero attached hydrogens (tertiary/aromatic N) is 2. The van der Waals surface area contributed by atoms with Crippen LogP contribution in [0.3, 0.4) is 0 Å². The number of alkyl halides is 1. The Bertz CT molecular complexity index is 727. The Morgan fingerprint density at radius 3 is 2.80 bits per heavy atom. The lowest BCUT2D eigenvalue weighted by atomic mass is 10.2. The molecule has 0 aliphatic heterocycles. The van der Waals surface area contributed by atoms with Gasteiger partial charge in [-0.15, -0.1) is 0 Å². The number of benzene rings is 1. The molecule has 0 N–H and O–H groups in total. The first-order chi connectivity index (χ1) is 9.79. The van der Waals surface area contributed by atoms with E-state index in [-0.39, 0.29) is 0 Å². The summed E-state index contributed by atoms with van der Waals surface area (Å²) in [7, 11) is 0. The first-order valence-corrected chi connectivity index (χ1v) is 8.15. The first kappa shape index (κ1) is 13.5. The molecule has 1 aromatic carbocycles. The second-order valence-corrected chi connectivity index (χ2v) is 5.82. The number of ether oxygens (including phenoxy) is 1. The van der Waals surface area contributed by atoms with Crippen LogP contribution in [0.25, 0.3) is 10.1 Å². The van der Waals surface area contributed by atoms with Crippen LogP contribution in [0.1, 0.15) is 16.8 Å². The maximum atomic E-state index is 5.91. The Hall–Kier alpha value is -1.46. The van der Waals surface area contributed by atoms with E-state index in [1.165, 1.54) is 11.5 Å². The van der Waals surface area contributed by atoms with Gasteiger partial charge in [-0.3, -0.25) is 0 Å². The fraction of sp³-hybridized carbons (Fsp3) is 0.200. The molecular formula is C15H13BrN2OS. The minimum atomic E-state index is 0.524. The van der Waals surface area contributed by atoms with Crippen molar-refractivity contribution < 1.29 is 4.74 Å². The van der Waals surface area contributed by atoms with Crippen LogP contribution in [-0.2, 0) is 11.9 Å². The molecular weight excluding hydrogens is 336 g/mol. The average Bonchev–Trinajstić information content (AvgIpc) is 2.96. The fourth-order valence-corrected chi connectivity index (χ4v) is 3.33. The third kappa shape index (κ3) is 2.55. The van der Waals surface area contributed by atoms with Crippen LogP contribution >= 0.6 is 27.5 Å². The Kier molecular flexibility index (Phi) is 3.98. The molecule has 0 saturated carbocycles. The summed E-state index contributed by atoms with van der Waals surface area (Å²) in [5, 5.41) is 1.83. The highest BCUT2D eigenvalue weighted by Crippen LogP contribution is 2.32. The minimum absolute atomic E-state index is 0.524. The Morgan fingerprint density at radius 2 is 2.05 bits per heavy atom. The highest BCUT2D eigenvalue weighted by Gasteiger charge is 2.14. The molecule has 3 aromatic rings. The average molecular weight is 349 g/mol. The molecule has 0 aliphatic rings. The van der Waals surface area contributed by atoms with Crippen LogP contribution in [0.4, 0.5) is 0 Å².